The molecule has 2 heterocycles. The third-order valence-corrected chi connectivity index (χ3v) is 3.77. The van der Waals surface area contributed by atoms with Gasteiger partial charge < -0.3 is 5.32 Å². The standard InChI is InChI=1S/C17H16FN5O2/c1-9-8-14(20-16(25)12-6-4-5-7-13(12)18)23(22-9)17-19-11(3)10(2)15(24)21-17/h4-8H,1-3H3,(H,20,25)(H,19,21,24). The molecule has 0 saturated heterocycles. The first kappa shape index (κ1) is 16.6. The Morgan fingerprint density at radius 1 is 1.24 bits per heavy atom. The minimum Gasteiger partial charge on any atom is -0.306 e. The predicted octanol–water partition coefficient (Wildman–Crippen LogP) is 2.27. The van der Waals surface area contributed by atoms with Crippen molar-refractivity contribution >= 4 is 11.7 Å². The summed E-state index contributed by atoms with van der Waals surface area (Å²) in [5.41, 5.74) is 1.28. The van der Waals surface area contributed by atoms with Gasteiger partial charge in [0.2, 0.25) is 5.95 Å². The number of H-pyrrole nitrogens is 1. The quantitative estimate of drug-likeness (QED) is 0.764. The first-order valence-corrected chi connectivity index (χ1v) is 7.57. The number of nitrogens with one attached hydrogen (secondary N) is 2. The highest BCUT2D eigenvalue weighted by Crippen LogP contribution is 2.16. The Balaban J connectivity index is 2.01. The Morgan fingerprint density at radius 2 is 1.96 bits per heavy atom. The van der Waals surface area contributed by atoms with Crippen LogP contribution in [0.3, 0.4) is 0 Å². The second kappa shape index (κ2) is 6.31. The van der Waals surface area contributed by atoms with E-state index in [-0.39, 0.29) is 22.9 Å². The number of aromatic nitrogens is 4. The molecular formula is C17H16FN5O2. The van der Waals surface area contributed by atoms with E-state index in [2.05, 4.69) is 20.4 Å². The molecule has 128 valence electrons. The second-order valence-electron chi connectivity index (χ2n) is 5.62. The summed E-state index contributed by atoms with van der Waals surface area (Å²) >= 11 is 0. The van der Waals surface area contributed by atoms with Crippen LogP contribution in [0.2, 0.25) is 0 Å². The van der Waals surface area contributed by atoms with Gasteiger partial charge in [0.25, 0.3) is 11.5 Å². The lowest BCUT2D eigenvalue weighted by Crippen LogP contribution is -2.21. The smallest absolute Gasteiger partial charge is 0.259 e. The molecule has 3 aromatic rings. The number of hydrogen-bond acceptors (Lipinski definition) is 4. The molecule has 0 aliphatic heterocycles. The van der Waals surface area contributed by atoms with Crippen molar-refractivity contribution in [3.8, 4) is 5.95 Å². The largest absolute Gasteiger partial charge is 0.306 e. The summed E-state index contributed by atoms with van der Waals surface area (Å²) in [6, 6.07) is 7.27. The van der Waals surface area contributed by atoms with Crippen molar-refractivity contribution in [2.24, 2.45) is 0 Å². The fourth-order valence-electron chi connectivity index (χ4n) is 2.31. The van der Waals surface area contributed by atoms with Crippen molar-refractivity contribution in [1.29, 1.82) is 0 Å². The first-order valence-electron chi connectivity index (χ1n) is 7.57. The normalized spacial score (nSPS) is 10.7. The number of halogens is 1. The van der Waals surface area contributed by atoms with Crippen molar-refractivity contribution in [3.05, 3.63) is 69.0 Å². The molecule has 0 radical (unpaired) electrons. The highest BCUT2D eigenvalue weighted by Gasteiger charge is 2.17. The van der Waals surface area contributed by atoms with E-state index < -0.39 is 11.7 Å². The van der Waals surface area contributed by atoms with Crippen LogP contribution in [0.15, 0.2) is 35.1 Å². The van der Waals surface area contributed by atoms with Crippen LogP contribution in [-0.2, 0) is 0 Å². The number of amides is 1. The molecule has 0 atom stereocenters. The fourth-order valence-corrected chi connectivity index (χ4v) is 2.31. The molecule has 0 bridgehead atoms. The van der Waals surface area contributed by atoms with Crippen LogP contribution in [0.5, 0.6) is 0 Å². The molecule has 8 heteroatoms. The molecule has 0 fully saturated rings. The molecule has 0 saturated carbocycles. The van der Waals surface area contributed by atoms with Crippen molar-refractivity contribution in [2.75, 3.05) is 5.32 Å². The molecule has 25 heavy (non-hydrogen) atoms. The molecule has 0 unspecified atom stereocenters. The van der Waals surface area contributed by atoms with Crippen LogP contribution < -0.4 is 10.9 Å². The predicted molar refractivity (Wildman–Crippen MR) is 90.5 cm³/mol. The van der Waals surface area contributed by atoms with Gasteiger partial charge in [-0.2, -0.15) is 9.78 Å². The van der Waals surface area contributed by atoms with Gasteiger partial charge in [0.1, 0.15) is 11.6 Å². The maximum absolute atomic E-state index is 13.8. The number of anilines is 1. The summed E-state index contributed by atoms with van der Waals surface area (Å²) in [6.07, 6.45) is 0. The Labute approximate surface area is 142 Å². The average Bonchev–Trinajstić information content (AvgIpc) is 2.93. The van der Waals surface area contributed by atoms with Crippen LogP contribution >= 0.6 is 0 Å². The van der Waals surface area contributed by atoms with Gasteiger partial charge in [-0.05, 0) is 32.9 Å². The molecule has 2 N–H and O–H groups in total. The number of carbonyl (C=O) groups is 1. The monoisotopic (exact) mass is 341 g/mol. The van der Waals surface area contributed by atoms with E-state index in [9.17, 15) is 14.0 Å². The molecule has 3 rings (SSSR count). The molecule has 1 aromatic carbocycles. The molecular weight excluding hydrogens is 325 g/mol. The number of aryl methyl sites for hydroxylation is 2. The zero-order valence-corrected chi connectivity index (χ0v) is 13.9. The fraction of sp³-hybridized carbons (Fsp3) is 0.176. The summed E-state index contributed by atoms with van der Waals surface area (Å²) in [6.45, 7) is 5.11. The van der Waals surface area contributed by atoms with E-state index in [0.29, 0.717) is 17.0 Å². The number of hydrogen-bond donors (Lipinski definition) is 2. The summed E-state index contributed by atoms with van der Waals surface area (Å²) in [5.74, 6) is -0.798. The Kier molecular flexibility index (Phi) is 4.18. The van der Waals surface area contributed by atoms with Crippen LogP contribution in [0.25, 0.3) is 5.95 Å². The van der Waals surface area contributed by atoms with E-state index in [1.54, 1.807) is 32.9 Å². The van der Waals surface area contributed by atoms with Gasteiger partial charge in [0.15, 0.2) is 0 Å². The van der Waals surface area contributed by atoms with Crippen LogP contribution in [0, 0.1) is 26.6 Å². The molecule has 2 aromatic heterocycles. The van der Waals surface area contributed by atoms with Crippen molar-refractivity contribution in [1.82, 2.24) is 19.7 Å². The lowest BCUT2D eigenvalue weighted by atomic mass is 10.2. The van der Waals surface area contributed by atoms with E-state index in [1.165, 1.54) is 22.9 Å². The Morgan fingerprint density at radius 3 is 2.64 bits per heavy atom. The summed E-state index contributed by atoms with van der Waals surface area (Å²) in [5, 5.41) is 6.84. The lowest BCUT2D eigenvalue weighted by molar-refractivity contribution is 0.102. The molecule has 0 aliphatic carbocycles. The third-order valence-electron chi connectivity index (χ3n) is 3.77. The van der Waals surface area contributed by atoms with Gasteiger partial charge in [-0.1, -0.05) is 12.1 Å². The number of nitrogens with zero attached hydrogens (tertiary/aromatic N) is 3. The minimum absolute atomic E-state index is 0.0885. The molecule has 0 aliphatic rings. The summed E-state index contributed by atoms with van der Waals surface area (Å²) in [7, 11) is 0. The van der Waals surface area contributed by atoms with Gasteiger partial charge in [-0.3, -0.25) is 14.6 Å². The van der Waals surface area contributed by atoms with E-state index in [4.69, 9.17) is 0 Å². The first-order chi connectivity index (χ1) is 11.9. The highest BCUT2D eigenvalue weighted by molar-refractivity contribution is 6.04. The maximum Gasteiger partial charge on any atom is 0.259 e. The van der Waals surface area contributed by atoms with Crippen molar-refractivity contribution in [3.63, 3.8) is 0 Å². The zero-order valence-electron chi connectivity index (χ0n) is 13.9. The van der Waals surface area contributed by atoms with Gasteiger partial charge in [-0.25, -0.2) is 9.37 Å². The zero-order chi connectivity index (χ0) is 18.1. The van der Waals surface area contributed by atoms with Crippen LogP contribution in [0.1, 0.15) is 27.3 Å². The number of benzene rings is 1. The van der Waals surface area contributed by atoms with E-state index in [1.807, 2.05) is 0 Å². The van der Waals surface area contributed by atoms with Gasteiger partial charge >= 0.3 is 0 Å². The van der Waals surface area contributed by atoms with E-state index >= 15 is 0 Å². The van der Waals surface area contributed by atoms with Crippen molar-refractivity contribution < 1.29 is 9.18 Å². The highest BCUT2D eigenvalue weighted by atomic mass is 19.1. The van der Waals surface area contributed by atoms with Crippen LogP contribution in [-0.4, -0.2) is 25.7 Å². The lowest BCUT2D eigenvalue weighted by Gasteiger charge is -2.09. The van der Waals surface area contributed by atoms with Gasteiger partial charge in [0.05, 0.1) is 11.3 Å². The molecule has 7 nitrogen and oxygen atoms in total. The third kappa shape index (κ3) is 3.18. The van der Waals surface area contributed by atoms with Gasteiger partial charge in [-0.15, -0.1) is 0 Å². The molecule has 0 spiro atoms. The van der Waals surface area contributed by atoms with Crippen molar-refractivity contribution in [2.45, 2.75) is 20.8 Å². The molecule has 1 amide bonds. The average molecular weight is 341 g/mol. The summed E-state index contributed by atoms with van der Waals surface area (Å²) < 4.78 is 15.1. The van der Waals surface area contributed by atoms with E-state index in [0.717, 1.165) is 0 Å². The number of aromatic amines is 1. The Hall–Kier alpha value is -3.29. The SMILES string of the molecule is Cc1cc(NC(=O)c2ccccc2F)n(-c2nc(C)c(C)c(=O)[nH]2)n1. The minimum atomic E-state index is -0.625. The summed E-state index contributed by atoms with van der Waals surface area (Å²) in [4.78, 5) is 31.2. The maximum atomic E-state index is 13.8. The number of carbonyl (C=O) groups excluding carboxylic acids is 1. The van der Waals surface area contributed by atoms with Gasteiger partial charge in [0, 0.05) is 17.3 Å². The topological polar surface area (TPSA) is 92.7 Å². The second-order valence-corrected chi connectivity index (χ2v) is 5.62. The van der Waals surface area contributed by atoms with Crippen LogP contribution in [0.4, 0.5) is 10.2 Å². The Bertz CT molecular complexity index is 1020. The number of rotatable bonds is 3.